The van der Waals surface area contributed by atoms with Crippen molar-refractivity contribution in [3.63, 3.8) is 0 Å². The van der Waals surface area contributed by atoms with Crippen LogP contribution < -0.4 is 9.62 Å². The zero-order valence-corrected chi connectivity index (χ0v) is 12.7. The third kappa shape index (κ3) is 2.44. The number of fused-ring (bicyclic) bond motifs is 1. The number of nitrogens with zero attached hydrogens (tertiary/aromatic N) is 1. The van der Waals surface area contributed by atoms with Crippen molar-refractivity contribution in [1.29, 1.82) is 0 Å². The van der Waals surface area contributed by atoms with Crippen molar-refractivity contribution in [2.75, 3.05) is 23.9 Å². The van der Waals surface area contributed by atoms with E-state index in [9.17, 15) is 8.42 Å². The van der Waals surface area contributed by atoms with Gasteiger partial charge in [0, 0.05) is 6.54 Å². The molecule has 1 aromatic carbocycles. The summed E-state index contributed by atoms with van der Waals surface area (Å²) in [6.45, 7) is 4.29. The molecular weight excluding hydrogens is 272 g/mol. The molecule has 1 aromatic rings. The van der Waals surface area contributed by atoms with Gasteiger partial charge < -0.3 is 5.32 Å². The van der Waals surface area contributed by atoms with E-state index in [1.165, 1.54) is 11.1 Å². The Morgan fingerprint density at radius 3 is 2.75 bits per heavy atom. The molecule has 0 amide bonds. The SMILES string of the molecule is Cc1ccc2c(c1)CCCN2S(=O)(=O)C1CCNCC1. The van der Waals surface area contributed by atoms with E-state index in [0.29, 0.717) is 6.54 Å². The van der Waals surface area contributed by atoms with Crippen molar-refractivity contribution in [2.45, 2.75) is 37.9 Å². The highest BCUT2D eigenvalue weighted by molar-refractivity contribution is 7.93. The summed E-state index contributed by atoms with van der Waals surface area (Å²) in [6.07, 6.45) is 3.34. The standard InChI is InChI=1S/C15H22N2O2S/c1-12-4-5-15-13(11-12)3-2-10-17(15)20(18,19)14-6-8-16-9-7-14/h4-5,11,14,16H,2-3,6-10H2,1H3. The van der Waals surface area contributed by atoms with Gasteiger partial charge in [0.15, 0.2) is 0 Å². The van der Waals surface area contributed by atoms with Gasteiger partial charge in [0.25, 0.3) is 0 Å². The Hall–Kier alpha value is -1.07. The lowest BCUT2D eigenvalue weighted by Crippen LogP contribution is -2.45. The molecule has 110 valence electrons. The van der Waals surface area contributed by atoms with Crippen LogP contribution in [0.1, 0.15) is 30.4 Å². The highest BCUT2D eigenvalue weighted by atomic mass is 32.2. The van der Waals surface area contributed by atoms with Crippen molar-refractivity contribution < 1.29 is 8.42 Å². The molecule has 1 saturated heterocycles. The van der Waals surface area contributed by atoms with E-state index >= 15 is 0 Å². The van der Waals surface area contributed by atoms with Crippen LogP contribution in [-0.4, -0.2) is 33.3 Å². The molecule has 4 nitrogen and oxygen atoms in total. The fourth-order valence-corrected chi connectivity index (χ4v) is 5.26. The Bertz CT molecular complexity index is 592. The van der Waals surface area contributed by atoms with Crippen LogP contribution in [0, 0.1) is 6.92 Å². The van der Waals surface area contributed by atoms with Gasteiger partial charge in [0.05, 0.1) is 10.9 Å². The molecule has 0 radical (unpaired) electrons. The molecule has 0 bridgehead atoms. The first-order valence-electron chi connectivity index (χ1n) is 7.41. The second-order valence-corrected chi connectivity index (χ2v) is 7.94. The Morgan fingerprint density at radius 2 is 2.00 bits per heavy atom. The molecule has 2 aliphatic heterocycles. The molecule has 5 heteroatoms. The van der Waals surface area contributed by atoms with Crippen LogP contribution in [0.4, 0.5) is 5.69 Å². The van der Waals surface area contributed by atoms with E-state index in [4.69, 9.17) is 0 Å². The number of hydrogen-bond donors (Lipinski definition) is 1. The number of piperidine rings is 1. The molecule has 0 saturated carbocycles. The normalized spacial score (nSPS) is 20.8. The molecule has 0 spiro atoms. The summed E-state index contributed by atoms with van der Waals surface area (Å²) in [5, 5.41) is 3.01. The number of sulfonamides is 1. The number of rotatable bonds is 2. The minimum atomic E-state index is -3.22. The van der Waals surface area contributed by atoms with Gasteiger partial charge in [-0.15, -0.1) is 0 Å². The van der Waals surface area contributed by atoms with Crippen LogP contribution in [0.3, 0.4) is 0 Å². The number of aryl methyl sites for hydroxylation is 2. The Balaban J connectivity index is 1.95. The highest BCUT2D eigenvalue weighted by Crippen LogP contribution is 2.32. The average molecular weight is 294 g/mol. The van der Waals surface area contributed by atoms with Crippen molar-refractivity contribution in [3.8, 4) is 0 Å². The van der Waals surface area contributed by atoms with Gasteiger partial charge >= 0.3 is 0 Å². The summed E-state index contributed by atoms with van der Waals surface area (Å²) in [5.41, 5.74) is 3.28. The fourth-order valence-electron chi connectivity index (χ4n) is 3.23. The maximum atomic E-state index is 12.9. The maximum Gasteiger partial charge on any atom is 0.238 e. The second-order valence-electron chi connectivity index (χ2n) is 5.80. The van der Waals surface area contributed by atoms with Crippen LogP contribution in [0.5, 0.6) is 0 Å². The summed E-state index contributed by atoms with van der Waals surface area (Å²) in [5.74, 6) is 0. The van der Waals surface area contributed by atoms with Crippen molar-refractivity contribution in [2.24, 2.45) is 0 Å². The van der Waals surface area contributed by atoms with Gasteiger partial charge in [-0.25, -0.2) is 8.42 Å². The largest absolute Gasteiger partial charge is 0.317 e. The van der Waals surface area contributed by atoms with Crippen LogP contribution in [0.2, 0.25) is 0 Å². The summed E-state index contributed by atoms with van der Waals surface area (Å²) >= 11 is 0. The molecule has 3 rings (SSSR count). The first kappa shape index (κ1) is 13.9. The zero-order valence-electron chi connectivity index (χ0n) is 11.9. The van der Waals surface area contributed by atoms with Crippen molar-refractivity contribution >= 4 is 15.7 Å². The topological polar surface area (TPSA) is 49.4 Å². The van der Waals surface area contributed by atoms with Crippen LogP contribution in [-0.2, 0) is 16.4 Å². The Kier molecular flexibility index (Phi) is 3.73. The van der Waals surface area contributed by atoms with E-state index in [0.717, 1.165) is 44.5 Å². The van der Waals surface area contributed by atoms with Crippen LogP contribution in [0.15, 0.2) is 18.2 Å². The minimum absolute atomic E-state index is 0.226. The van der Waals surface area contributed by atoms with E-state index in [1.807, 2.05) is 12.1 Å². The molecule has 0 unspecified atom stereocenters. The smallest absolute Gasteiger partial charge is 0.238 e. The van der Waals surface area contributed by atoms with Crippen molar-refractivity contribution in [1.82, 2.24) is 5.32 Å². The maximum absolute atomic E-state index is 12.9. The van der Waals surface area contributed by atoms with E-state index in [1.54, 1.807) is 4.31 Å². The molecule has 20 heavy (non-hydrogen) atoms. The first-order valence-corrected chi connectivity index (χ1v) is 8.91. The van der Waals surface area contributed by atoms with Gasteiger partial charge in [-0.3, -0.25) is 4.31 Å². The highest BCUT2D eigenvalue weighted by Gasteiger charge is 2.35. The van der Waals surface area contributed by atoms with Gasteiger partial charge in [0.1, 0.15) is 0 Å². The monoisotopic (exact) mass is 294 g/mol. The van der Waals surface area contributed by atoms with E-state index in [-0.39, 0.29) is 5.25 Å². The molecule has 0 aliphatic carbocycles. The van der Waals surface area contributed by atoms with E-state index < -0.39 is 10.0 Å². The average Bonchev–Trinajstić information content (AvgIpc) is 2.47. The Labute approximate surface area is 121 Å². The summed E-state index contributed by atoms with van der Waals surface area (Å²) in [7, 11) is -3.22. The third-order valence-corrected chi connectivity index (χ3v) is 6.63. The van der Waals surface area contributed by atoms with Crippen LogP contribution >= 0.6 is 0 Å². The Morgan fingerprint density at radius 1 is 1.25 bits per heavy atom. The predicted molar refractivity (Wildman–Crippen MR) is 81.7 cm³/mol. The van der Waals surface area contributed by atoms with Gasteiger partial charge in [0.2, 0.25) is 10.0 Å². The first-order chi connectivity index (χ1) is 9.59. The molecule has 2 aliphatic rings. The minimum Gasteiger partial charge on any atom is -0.317 e. The molecule has 1 N–H and O–H groups in total. The lowest BCUT2D eigenvalue weighted by atomic mass is 10.0. The summed E-state index contributed by atoms with van der Waals surface area (Å²) < 4.78 is 27.4. The lowest BCUT2D eigenvalue weighted by Gasteiger charge is -2.35. The molecule has 2 heterocycles. The number of hydrogen-bond acceptors (Lipinski definition) is 3. The predicted octanol–water partition coefficient (Wildman–Crippen LogP) is 1.83. The zero-order chi connectivity index (χ0) is 14.2. The quantitative estimate of drug-likeness (QED) is 0.905. The second kappa shape index (κ2) is 5.37. The number of benzene rings is 1. The summed E-state index contributed by atoms with van der Waals surface area (Å²) in [6, 6.07) is 6.11. The van der Waals surface area contributed by atoms with Crippen molar-refractivity contribution in [3.05, 3.63) is 29.3 Å². The number of nitrogens with one attached hydrogen (secondary N) is 1. The fraction of sp³-hybridized carbons (Fsp3) is 0.600. The number of anilines is 1. The molecule has 0 aromatic heterocycles. The van der Waals surface area contributed by atoms with Gasteiger partial charge in [-0.1, -0.05) is 17.7 Å². The van der Waals surface area contributed by atoms with E-state index in [2.05, 4.69) is 18.3 Å². The third-order valence-electron chi connectivity index (χ3n) is 4.33. The van der Waals surface area contributed by atoms with Gasteiger partial charge in [-0.05, 0) is 57.3 Å². The molecular formula is C15H22N2O2S. The lowest BCUT2D eigenvalue weighted by molar-refractivity contribution is 0.493. The van der Waals surface area contributed by atoms with Gasteiger partial charge in [-0.2, -0.15) is 0 Å². The van der Waals surface area contributed by atoms with Crippen LogP contribution in [0.25, 0.3) is 0 Å². The summed E-state index contributed by atoms with van der Waals surface area (Å²) in [4.78, 5) is 0. The molecule has 0 atom stereocenters. The molecule has 1 fully saturated rings.